The zero-order chi connectivity index (χ0) is 22.7. The highest BCUT2D eigenvalue weighted by molar-refractivity contribution is 5.96. The van der Waals surface area contributed by atoms with Gasteiger partial charge in [0.2, 0.25) is 0 Å². The SMILES string of the molecule is Cc1c(F)c2c(c(OCc3ccccc3)c1C(=O)Oc1ccccc1)CN(CC(C)C)C2. The molecule has 0 aromatic heterocycles. The van der Waals surface area contributed by atoms with Gasteiger partial charge in [-0.3, -0.25) is 4.90 Å². The average molecular weight is 434 g/mol. The van der Waals surface area contributed by atoms with E-state index in [-0.39, 0.29) is 23.6 Å². The van der Waals surface area contributed by atoms with E-state index < -0.39 is 5.97 Å². The molecule has 0 radical (unpaired) electrons. The first-order valence-corrected chi connectivity index (χ1v) is 10.9. The lowest BCUT2D eigenvalue weighted by Crippen LogP contribution is -2.21. The molecule has 0 amide bonds. The number of fused-ring (bicyclic) bond motifs is 1. The summed E-state index contributed by atoms with van der Waals surface area (Å²) in [6, 6.07) is 18.6. The van der Waals surface area contributed by atoms with Crippen LogP contribution < -0.4 is 9.47 Å². The van der Waals surface area contributed by atoms with Gasteiger partial charge in [-0.25, -0.2) is 9.18 Å². The Morgan fingerprint density at radius 3 is 2.28 bits per heavy atom. The third-order valence-corrected chi connectivity index (χ3v) is 5.61. The smallest absolute Gasteiger partial charge is 0.347 e. The van der Waals surface area contributed by atoms with Gasteiger partial charge < -0.3 is 9.47 Å². The van der Waals surface area contributed by atoms with Gasteiger partial charge in [0.25, 0.3) is 0 Å². The van der Waals surface area contributed by atoms with Gasteiger partial charge in [0, 0.05) is 36.3 Å². The van der Waals surface area contributed by atoms with Crippen LogP contribution in [0, 0.1) is 18.7 Å². The van der Waals surface area contributed by atoms with Gasteiger partial charge in [-0.2, -0.15) is 0 Å². The predicted molar refractivity (Wildman–Crippen MR) is 122 cm³/mol. The number of carbonyl (C=O) groups excluding carboxylic acids is 1. The van der Waals surface area contributed by atoms with Crippen LogP contribution in [0.15, 0.2) is 60.7 Å². The summed E-state index contributed by atoms with van der Waals surface area (Å²) in [5.74, 6) is 0.326. The van der Waals surface area contributed by atoms with Crippen LogP contribution in [0.5, 0.6) is 11.5 Å². The molecule has 0 unspecified atom stereocenters. The van der Waals surface area contributed by atoms with Gasteiger partial charge in [-0.05, 0) is 30.5 Å². The van der Waals surface area contributed by atoms with E-state index in [0.29, 0.717) is 36.1 Å². The van der Waals surface area contributed by atoms with Crippen LogP contribution in [0.2, 0.25) is 0 Å². The first kappa shape index (κ1) is 22.0. The van der Waals surface area contributed by atoms with Gasteiger partial charge >= 0.3 is 5.97 Å². The molecule has 5 heteroatoms. The third kappa shape index (κ3) is 4.68. The van der Waals surface area contributed by atoms with Crippen molar-refractivity contribution in [3.63, 3.8) is 0 Å². The number of hydrogen-bond acceptors (Lipinski definition) is 4. The fourth-order valence-corrected chi connectivity index (χ4v) is 4.19. The second-order valence-corrected chi connectivity index (χ2v) is 8.64. The average Bonchev–Trinajstić information content (AvgIpc) is 3.19. The fraction of sp³-hybridized carbons (Fsp3) is 0.296. The van der Waals surface area contributed by atoms with Gasteiger partial charge in [-0.1, -0.05) is 62.4 Å². The quantitative estimate of drug-likeness (QED) is 0.343. The first-order valence-electron chi connectivity index (χ1n) is 10.9. The zero-order valence-corrected chi connectivity index (χ0v) is 18.7. The van der Waals surface area contributed by atoms with Gasteiger partial charge in [0.15, 0.2) is 0 Å². The van der Waals surface area contributed by atoms with Crippen molar-refractivity contribution in [2.24, 2.45) is 5.92 Å². The largest absolute Gasteiger partial charge is 0.488 e. The first-order chi connectivity index (χ1) is 15.4. The predicted octanol–water partition coefficient (Wildman–Crippen LogP) is 5.90. The van der Waals surface area contributed by atoms with Crippen LogP contribution in [0.4, 0.5) is 4.39 Å². The van der Waals surface area contributed by atoms with E-state index in [1.54, 1.807) is 31.2 Å². The monoisotopic (exact) mass is 433 g/mol. The van der Waals surface area contributed by atoms with E-state index in [9.17, 15) is 4.79 Å². The molecule has 0 N–H and O–H groups in total. The number of nitrogens with zero attached hydrogens (tertiary/aromatic N) is 1. The summed E-state index contributed by atoms with van der Waals surface area (Å²) in [6.07, 6.45) is 0. The highest BCUT2D eigenvalue weighted by atomic mass is 19.1. The summed E-state index contributed by atoms with van der Waals surface area (Å²) < 4.78 is 27.2. The fourth-order valence-electron chi connectivity index (χ4n) is 4.19. The zero-order valence-electron chi connectivity index (χ0n) is 18.7. The number of esters is 1. The Morgan fingerprint density at radius 2 is 1.62 bits per heavy atom. The lowest BCUT2D eigenvalue weighted by Gasteiger charge is -2.19. The van der Waals surface area contributed by atoms with E-state index in [2.05, 4.69) is 18.7 Å². The highest BCUT2D eigenvalue weighted by Gasteiger charge is 2.33. The molecule has 0 saturated heterocycles. The van der Waals surface area contributed by atoms with Crippen LogP contribution in [-0.4, -0.2) is 17.4 Å². The van der Waals surface area contributed by atoms with E-state index in [4.69, 9.17) is 9.47 Å². The van der Waals surface area contributed by atoms with Crippen molar-refractivity contribution in [2.75, 3.05) is 6.54 Å². The Balaban J connectivity index is 1.74. The number of benzene rings is 3. The normalized spacial score (nSPS) is 13.3. The lowest BCUT2D eigenvalue weighted by molar-refractivity contribution is 0.0728. The number of ether oxygens (including phenoxy) is 2. The maximum Gasteiger partial charge on any atom is 0.347 e. The summed E-state index contributed by atoms with van der Waals surface area (Å²) >= 11 is 0. The minimum atomic E-state index is -0.610. The second kappa shape index (κ2) is 9.53. The van der Waals surface area contributed by atoms with E-state index in [1.165, 1.54) is 0 Å². The second-order valence-electron chi connectivity index (χ2n) is 8.64. The topological polar surface area (TPSA) is 38.8 Å². The van der Waals surface area contributed by atoms with Crippen molar-refractivity contribution in [3.05, 3.63) is 94.3 Å². The Labute approximate surface area is 188 Å². The molecular weight excluding hydrogens is 405 g/mol. The van der Waals surface area contributed by atoms with Crippen molar-refractivity contribution in [1.82, 2.24) is 4.90 Å². The van der Waals surface area contributed by atoms with Gasteiger partial charge in [-0.15, -0.1) is 0 Å². The molecule has 1 aliphatic rings. The molecule has 0 bridgehead atoms. The lowest BCUT2D eigenvalue weighted by atomic mass is 9.98. The molecule has 166 valence electrons. The summed E-state index contributed by atoms with van der Waals surface area (Å²) in [4.78, 5) is 15.4. The minimum Gasteiger partial charge on any atom is -0.488 e. The van der Waals surface area contributed by atoms with Crippen LogP contribution >= 0.6 is 0 Å². The van der Waals surface area contributed by atoms with Crippen molar-refractivity contribution in [2.45, 2.75) is 40.5 Å². The molecule has 4 nitrogen and oxygen atoms in total. The highest BCUT2D eigenvalue weighted by Crippen LogP contribution is 2.39. The Bertz CT molecular complexity index is 1100. The third-order valence-electron chi connectivity index (χ3n) is 5.61. The summed E-state index contributed by atoms with van der Waals surface area (Å²) in [5, 5.41) is 0. The van der Waals surface area contributed by atoms with Gasteiger partial charge in [0.05, 0.1) is 0 Å². The molecule has 0 atom stereocenters. The molecule has 1 heterocycles. The number of rotatable bonds is 7. The minimum absolute atomic E-state index is 0.160. The molecule has 32 heavy (non-hydrogen) atoms. The molecule has 3 aromatic rings. The summed E-state index contributed by atoms with van der Waals surface area (Å²) in [6.45, 7) is 8.08. The van der Waals surface area contributed by atoms with Crippen LogP contribution in [0.3, 0.4) is 0 Å². The van der Waals surface area contributed by atoms with Crippen LogP contribution in [0.25, 0.3) is 0 Å². The molecule has 3 aromatic carbocycles. The van der Waals surface area contributed by atoms with Crippen molar-refractivity contribution in [1.29, 1.82) is 0 Å². The van der Waals surface area contributed by atoms with Crippen LogP contribution in [-0.2, 0) is 19.7 Å². The Hall–Kier alpha value is -3.18. The maximum absolute atomic E-state index is 15.4. The Kier molecular flexibility index (Phi) is 6.56. The van der Waals surface area contributed by atoms with E-state index in [1.807, 2.05) is 36.4 Å². The number of para-hydroxylation sites is 1. The molecule has 0 saturated carbocycles. The van der Waals surface area contributed by atoms with Crippen molar-refractivity contribution >= 4 is 5.97 Å². The van der Waals surface area contributed by atoms with Crippen molar-refractivity contribution in [3.8, 4) is 11.5 Å². The number of hydrogen-bond donors (Lipinski definition) is 0. The summed E-state index contributed by atoms with van der Waals surface area (Å²) in [5.41, 5.74) is 2.75. The maximum atomic E-state index is 15.4. The molecule has 0 aliphatic carbocycles. The number of carbonyl (C=O) groups is 1. The number of halogens is 1. The Morgan fingerprint density at radius 1 is 1.00 bits per heavy atom. The van der Waals surface area contributed by atoms with Gasteiger partial charge in [0.1, 0.15) is 29.5 Å². The molecule has 0 fully saturated rings. The van der Waals surface area contributed by atoms with E-state index in [0.717, 1.165) is 17.7 Å². The molecular formula is C27H28FNO3. The summed E-state index contributed by atoms with van der Waals surface area (Å²) in [7, 11) is 0. The molecule has 4 rings (SSSR count). The van der Waals surface area contributed by atoms with E-state index >= 15 is 4.39 Å². The molecule has 1 aliphatic heterocycles. The standard InChI is InChI=1S/C27H28FNO3/c1-18(2)14-29-15-22-23(16-29)26(31-17-20-10-6-4-7-11-20)24(19(3)25(22)28)27(30)32-21-12-8-5-9-13-21/h4-13,18H,14-17H2,1-3H3. The molecule has 0 spiro atoms. The van der Waals surface area contributed by atoms with Crippen LogP contribution in [0.1, 0.15) is 46.5 Å². The van der Waals surface area contributed by atoms with Crippen molar-refractivity contribution < 1.29 is 18.7 Å².